The zero-order valence-corrected chi connectivity index (χ0v) is 16.4. The minimum absolute atomic E-state index is 0.0188. The second-order valence-electron chi connectivity index (χ2n) is 7.95. The average Bonchev–Trinajstić information content (AvgIpc) is 2.84. The van der Waals surface area contributed by atoms with Gasteiger partial charge in [-0.05, 0) is 37.5 Å². The van der Waals surface area contributed by atoms with Gasteiger partial charge in [0.15, 0.2) is 0 Å². The van der Waals surface area contributed by atoms with Crippen LogP contribution in [0.5, 0.6) is 0 Å². The molecule has 2 fully saturated rings. The van der Waals surface area contributed by atoms with Gasteiger partial charge in [-0.2, -0.15) is 0 Å². The summed E-state index contributed by atoms with van der Waals surface area (Å²) in [5, 5.41) is 13.4. The Bertz CT molecular complexity index is 744. The summed E-state index contributed by atoms with van der Waals surface area (Å²) in [7, 11) is 0. The molecule has 1 aliphatic heterocycles. The van der Waals surface area contributed by atoms with Crippen LogP contribution < -0.4 is 5.32 Å². The molecule has 0 radical (unpaired) electrons. The Morgan fingerprint density at radius 1 is 1.37 bits per heavy atom. The molecule has 1 saturated carbocycles. The number of benzene rings is 1. The lowest BCUT2D eigenvalue weighted by Gasteiger charge is -2.37. The largest absolute Gasteiger partial charge is 0.392 e. The van der Waals surface area contributed by atoms with Crippen LogP contribution in [0, 0.1) is 11.2 Å². The van der Waals surface area contributed by atoms with Crippen molar-refractivity contribution in [3.8, 4) is 0 Å². The lowest BCUT2D eigenvalue weighted by molar-refractivity contribution is -0.133. The molecular weight excluding hydrogens is 371 g/mol. The van der Waals surface area contributed by atoms with E-state index in [1.807, 2.05) is 11.8 Å². The maximum Gasteiger partial charge on any atom is 0.251 e. The fraction of sp³-hybridized carbons (Fsp3) is 0.600. The van der Waals surface area contributed by atoms with E-state index in [2.05, 4.69) is 5.32 Å². The molecule has 1 aliphatic carbocycles. The number of likely N-dealkylation sites (tertiary alicyclic amines) is 1. The molecule has 1 aromatic carbocycles. The first-order chi connectivity index (χ1) is 12.7. The Morgan fingerprint density at radius 3 is 2.74 bits per heavy atom. The van der Waals surface area contributed by atoms with Gasteiger partial charge in [-0.3, -0.25) is 9.59 Å². The molecule has 1 heterocycles. The number of hydrogen-bond donors (Lipinski definition) is 2. The van der Waals surface area contributed by atoms with Crippen molar-refractivity contribution < 1.29 is 19.1 Å². The lowest BCUT2D eigenvalue weighted by Crippen LogP contribution is -2.48. The molecule has 148 valence electrons. The second kappa shape index (κ2) is 7.76. The van der Waals surface area contributed by atoms with Gasteiger partial charge in [0.05, 0.1) is 17.2 Å². The fourth-order valence-electron chi connectivity index (χ4n) is 4.74. The first-order valence-corrected chi connectivity index (χ1v) is 9.82. The predicted octanol–water partition coefficient (Wildman–Crippen LogP) is 3.14. The summed E-state index contributed by atoms with van der Waals surface area (Å²) < 4.78 is 13.3. The van der Waals surface area contributed by atoms with E-state index in [1.54, 1.807) is 0 Å². The first kappa shape index (κ1) is 20.1. The van der Waals surface area contributed by atoms with Gasteiger partial charge < -0.3 is 15.3 Å². The van der Waals surface area contributed by atoms with Crippen LogP contribution in [0.3, 0.4) is 0 Å². The van der Waals surface area contributed by atoms with E-state index >= 15 is 0 Å². The molecule has 5 nitrogen and oxygen atoms in total. The van der Waals surface area contributed by atoms with E-state index in [-0.39, 0.29) is 46.4 Å². The SMILES string of the molecule is CC(=O)N1[C@@H](CNC(=O)c2ccc(F)c(Cl)c2)C[C@@]2(C)[C@@H](O)CCCC[C@@H]12. The highest BCUT2D eigenvalue weighted by Crippen LogP contribution is 2.48. The minimum atomic E-state index is -0.575. The van der Waals surface area contributed by atoms with Gasteiger partial charge >= 0.3 is 0 Å². The van der Waals surface area contributed by atoms with Crippen LogP contribution in [0.1, 0.15) is 56.3 Å². The van der Waals surface area contributed by atoms with Crippen LogP contribution in [-0.4, -0.2) is 46.6 Å². The minimum Gasteiger partial charge on any atom is -0.392 e. The Kier molecular flexibility index (Phi) is 5.77. The number of hydrogen-bond acceptors (Lipinski definition) is 3. The summed E-state index contributed by atoms with van der Waals surface area (Å²) in [5.74, 6) is -0.978. The van der Waals surface area contributed by atoms with Crippen LogP contribution in [-0.2, 0) is 4.79 Å². The monoisotopic (exact) mass is 396 g/mol. The van der Waals surface area contributed by atoms with Crippen LogP contribution in [0.4, 0.5) is 4.39 Å². The summed E-state index contributed by atoms with van der Waals surface area (Å²) in [6, 6.07) is 3.63. The molecule has 1 saturated heterocycles. The van der Waals surface area contributed by atoms with Crippen molar-refractivity contribution >= 4 is 23.4 Å². The quantitative estimate of drug-likeness (QED) is 0.824. The maximum atomic E-state index is 13.3. The third-order valence-corrected chi connectivity index (χ3v) is 6.47. The van der Waals surface area contributed by atoms with Crippen LogP contribution in [0.25, 0.3) is 0 Å². The molecule has 0 unspecified atom stereocenters. The van der Waals surface area contributed by atoms with Crippen molar-refractivity contribution in [1.82, 2.24) is 10.2 Å². The highest BCUT2D eigenvalue weighted by Gasteiger charge is 2.54. The topological polar surface area (TPSA) is 69.6 Å². The third kappa shape index (κ3) is 3.83. The van der Waals surface area contributed by atoms with Gasteiger partial charge in [0.2, 0.25) is 5.91 Å². The number of nitrogens with one attached hydrogen (secondary N) is 1. The number of carbonyl (C=O) groups is 2. The van der Waals surface area contributed by atoms with Crippen molar-refractivity contribution in [3.63, 3.8) is 0 Å². The molecule has 27 heavy (non-hydrogen) atoms. The number of nitrogens with zero attached hydrogens (tertiary/aromatic N) is 1. The number of carbonyl (C=O) groups excluding carboxylic acids is 2. The lowest BCUT2D eigenvalue weighted by atomic mass is 9.75. The normalized spacial score (nSPS) is 30.6. The van der Waals surface area contributed by atoms with Gasteiger partial charge in [-0.25, -0.2) is 4.39 Å². The molecule has 0 spiro atoms. The van der Waals surface area contributed by atoms with Crippen molar-refractivity contribution in [2.24, 2.45) is 5.41 Å². The zero-order valence-electron chi connectivity index (χ0n) is 15.7. The van der Waals surface area contributed by atoms with Crippen molar-refractivity contribution in [1.29, 1.82) is 0 Å². The number of aliphatic hydroxyl groups is 1. The molecule has 0 bridgehead atoms. The van der Waals surface area contributed by atoms with Gasteiger partial charge in [0.1, 0.15) is 5.82 Å². The summed E-state index contributed by atoms with van der Waals surface area (Å²) in [6.45, 7) is 3.87. The van der Waals surface area contributed by atoms with E-state index in [0.717, 1.165) is 31.7 Å². The standard InChI is InChI=1S/C20H26ClFN2O3/c1-12(25)24-14(10-20(2)17(24)5-3-4-6-18(20)26)11-23-19(27)13-7-8-16(22)15(21)9-13/h7-9,14,17-18,26H,3-6,10-11H2,1-2H3,(H,23,27)/t14-,17-,18+,20-/m1/s1. The number of aliphatic hydroxyl groups excluding tert-OH is 1. The van der Waals surface area contributed by atoms with E-state index < -0.39 is 11.9 Å². The summed E-state index contributed by atoms with van der Waals surface area (Å²) >= 11 is 5.75. The van der Waals surface area contributed by atoms with Crippen LogP contribution in [0.15, 0.2) is 18.2 Å². The molecule has 1 aromatic rings. The Labute approximate surface area is 163 Å². The van der Waals surface area contributed by atoms with Gasteiger partial charge in [0.25, 0.3) is 5.91 Å². The summed E-state index contributed by atoms with van der Waals surface area (Å²) in [6.07, 6.45) is 3.74. The molecule has 0 aromatic heterocycles. The van der Waals surface area contributed by atoms with Gasteiger partial charge in [-0.1, -0.05) is 31.4 Å². The molecule has 2 amide bonds. The molecule has 7 heteroatoms. The van der Waals surface area contributed by atoms with E-state index in [9.17, 15) is 19.1 Å². The maximum absolute atomic E-state index is 13.3. The molecule has 2 aliphatic rings. The average molecular weight is 397 g/mol. The Morgan fingerprint density at radius 2 is 2.07 bits per heavy atom. The summed E-state index contributed by atoms with van der Waals surface area (Å²) in [5.41, 5.74) is -0.0919. The van der Waals surface area contributed by atoms with Crippen molar-refractivity contribution in [3.05, 3.63) is 34.6 Å². The second-order valence-corrected chi connectivity index (χ2v) is 8.35. The highest BCUT2D eigenvalue weighted by molar-refractivity contribution is 6.31. The van der Waals surface area contributed by atoms with Crippen LogP contribution in [0.2, 0.25) is 5.02 Å². The third-order valence-electron chi connectivity index (χ3n) is 6.18. The molecular formula is C20H26ClFN2O3. The van der Waals surface area contributed by atoms with Gasteiger partial charge in [0, 0.05) is 30.5 Å². The molecule has 3 rings (SSSR count). The number of rotatable bonds is 3. The van der Waals surface area contributed by atoms with E-state index in [1.165, 1.54) is 19.1 Å². The summed E-state index contributed by atoms with van der Waals surface area (Å²) in [4.78, 5) is 26.6. The number of halogens is 2. The van der Waals surface area contributed by atoms with Gasteiger partial charge in [-0.15, -0.1) is 0 Å². The van der Waals surface area contributed by atoms with Crippen molar-refractivity contribution in [2.75, 3.05) is 6.54 Å². The van der Waals surface area contributed by atoms with E-state index in [0.29, 0.717) is 6.42 Å². The smallest absolute Gasteiger partial charge is 0.251 e. The van der Waals surface area contributed by atoms with Crippen molar-refractivity contribution in [2.45, 2.75) is 64.1 Å². The van der Waals surface area contributed by atoms with Crippen LogP contribution >= 0.6 is 11.6 Å². The number of amides is 2. The number of fused-ring (bicyclic) bond motifs is 1. The predicted molar refractivity (Wildman–Crippen MR) is 101 cm³/mol. The zero-order chi connectivity index (χ0) is 19.8. The Hall–Kier alpha value is -1.66. The molecule has 4 atom stereocenters. The van der Waals surface area contributed by atoms with E-state index in [4.69, 9.17) is 11.6 Å². The first-order valence-electron chi connectivity index (χ1n) is 9.44. The molecule has 2 N–H and O–H groups in total. The highest BCUT2D eigenvalue weighted by atomic mass is 35.5. The fourth-order valence-corrected chi connectivity index (χ4v) is 4.92. The Balaban J connectivity index is 1.74.